The lowest BCUT2D eigenvalue weighted by Crippen LogP contribution is -2.44. The van der Waals surface area contributed by atoms with E-state index < -0.39 is 10.0 Å². The van der Waals surface area contributed by atoms with Gasteiger partial charge in [-0.1, -0.05) is 19.9 Å². The van der Waals surface area contributed by atoms with Crippen LogP contribution in [0.1, 0.15) is 44.5 Å². The molecule has 1 amide bonds. The molecule has 2 heterocycles. The summed E-state index contributed by atoms with van der Waals surface area (Å²) in [5, 5.41) is 5.18. The molecule has 1 fully saturated rings. The Bertz CT molecular complexity index is 603. The summed E-state index contributed by atoms with van der Waals surface area (Å²) < 4.78 is 25.3. The predicted octanol–water partition coefficient (Wildman–Crippen LogP) is 2.62. The molecular weight excluding hydrogens is 332 g/mol. The molecule has 0 bridgehead atoms. The molecule has 5 nitrogen and oxygen atoms in total. The Labute approximate surface area is 143 Å². The van der Waals surface area contributed by atoms with Crippen LogP contribution in [0.25, 0.3) is 0 Å². The molecule has 1 aromatic rings. The van der Waals surface area contributed by atoms with Gasteiger partial charge < -0.3 is 5.32 Å². The number of hydrogen-bond acceptors (Lipinski definition) is 4. The third kappa shape index (κ3) is 4.55. The monoisotopic (exact) mass is 358 g/mol. The van der Waals surface area contributed by atoms with Crippen molar-refractivity contribution in [3.63, 3.8) is 0 Å². The SMILES string of the molecule is CCS(=O)(=O)N1CCC(C(=O)N[C@H](c2cccs2)C(C)C)CC1. The summed E-state index contributed by atoms with van der Waals surface area (Å²) in [6, 6.07) is 4.07. The summed E-state index contributed by atoms with van der Waals surface area (Å²) in [5.41, 5.74) is 0. The molecule has 0 aliphatic carbocycles. The average Bonchev–Trinajstić information content (AvgIpc) is 3.06. The van der Waals surface area contributed by atoms with Crippen LogP contribution in [-0.4, -0.2) is 37.5 Å². The smallest absolute Gasteiger partial charge is 0.223 e. The topological polar surface area (TPSA) is 66.5 Å². The Balaban J connectivity index is 1.94. The molecule has 23 heavy (non-hydrogen) atoms. The number of thiophene rings is 1. The average molecular weight is 359 g/mol. The van der Waals surface area contributed by atoms with Crippen molar-refractivity contribution in [3.05, 3.63) is 22.4 Å². The van der Waals surface area contributed by atoms with Crippen LogP contribution in [0.2, 0.25) is 0 Å². The zero-order chi connectivity index (χ0) is 17.0. The minimum atomic E-state index is -3.14. The Morgan fingerprint density at radius 3 is 2.52 bits per heavy atom. The van der Waals surface area contributed by atoms with Gasteiger partial charge in [0.25, 0.3) is 0 Å². The van der Waals surface area contributed by atoms with Crippen LogP contribution < -0.4 is 5.32 Å². The molecule has 1 aliphatic rings. The largest absolute Gasteiger partial charge is 0.348 e. The number of carbonyl (C=O) groups is 1. The molecule has 0 saturated carbocycles. The highest BCUT2D eigenvalue weighted by molar-refractivity contribution is 7.89. The van der Waals surface area contributed by atoms with Gasteiger partial charge in [0.1, 0.15) is 0 Å². The first-order chi connectivity index (χ1) is 10.8. The van der Waals surface area contributed by atoms with E-state index in [4.69, 9.17) is 0 Å². The van der Waals surface area contributed by atoms with Crippen LogP contribution in [0.4, 0.5) is 0 Å². The molecule has 1 aromatic heterocycles. The maximum atomic E-state index is 12.6. The molecular formula is C16H26N2O3S2. The molecule has 1 aliphatic heterocycles. The number of amides is 1. The first-order valence-electron chi connectivity index (χ1n) is 8.16. The highest BCUT2D eigenvalue weighted by Crippen LogP contribution is 2.27. The zero-order valence-electron chi connectivity index (χ0n) is 14.0. The van der Waals surface area contributed by atoms with E-state index in [1.807, 2.05) is 17.5 Å². The highest BCUT2D eigenvalue weighted by Gasteiger charge is 2.31. The summed E-state index contributed by atoms with van der Waals surface area (Å²) in [5.74, 6) is 0.390. The number of sulfonamides is 1. The van der Waals surface area contributed by atoms with Crippen LogP contribution in [-0.2, 0) is 14.8 Å². The van der Waals surface area contributed by atoms with Crippen molar-refractivity contribution in [2.45, 2.75) is 39.7 Å². The molecule has 1 N–H and O–H groups in total. The minimum Gasteiger partial charge on any atom is -0.348 e. The Hall–Kier alpha value is -0.920. The Morgan fingerprint density at radius 1 is 1.39 bits per heavy atom. The molecule has 2 rings (SSSR count). The van der Waals surface area contributed by atoms with Gasteiger partial charge in [-0.25, -0.2) is 12.7 Å². The molecule has 0 aromatic carbocycles. The summed E-state index contributed by atoms with van der Waals surface area (Å²) in [6.45, 7) is 6.74. The summed E-state index contributed by atoms with van der Waals surface area (Å²) in [6.07, 6.45) is 1.20. The van der Waals surface area contributed by atoms with Gasteiger partial charge in [0, 0.05) is 23.9 Å². The van der Waals surface area contributed by atoms with Gasteiger partial charge in [0.15, 0.2) is 0 Å². The standard InChI is InChI=1S/C16H26N2O3S2/c1-4-23(20,21)18-9-7-13(8-10-18)16(19)17-15(12(2)3)14-6-5-11-22-14/h5-6,11-13,15H,4,7-10H2,1-3H3,(H,17,19)/t15-/m0/s1. The van der Waals surface area contributed by atoms with Crippen molar-refractivity contribution < 1.29 is 13.2 Å². The third-order valence-electron chi connectivity index (χ3n) is 4.40. The second-order valence-electron chi connectivity index (χ2n) is 6.32. The number of rotatable bonds is 6. The molecule has 1 atom stereocenters. The fourth-order valence-electron chi connectivity index (χ4n) is 2.88. The number of piperidine rings is 1. The van der Waals surface area contributed by atoms with Gasteiger partial charge in [0.2, 0.25) is 15.9 Å². The van der Waals surface area contributed by atoms with Crippen molar-refractivity contribution in [1.29, 1.82) is 0 Å². The first-order valence-corrected chi connectivity index (χ1v) is 10.7. The van der Waals surface area contributed by atoms with E-state index in [0.717, 1.165) is 0 Å². The lowest BCUT2D eigenvalue weighted by atomic mass is 9.95. The maximum absolute atomic E-state index is 12.6. The normalized spacial score (nSPS) is 19.0. The van der Waals surface area contributed by atoms with E-state index in [0.29, 0.717) is 31.8 Å². The Morgan fingerprint density at radius 2 is 2.04 bits per heavy atom. The number of nitrogens with zero attached hydrogens (tertiary/aromatic N) is 1. The number of nitrogens with one attached hydrogen (secondary N) is 1. The van der Waals surface area contributed by atoms with Crippen molar-refractivity contribution >= 4 is 27.3 Å². The summed E-state index contributed by atoms with van der Waals surface area (Å²) in [7, 11) is -3.14. The van der Waals surface area contributed by atoms with Crippen molar-refractivity contribution in [3.8, 4) is 0 Å². The van der Waals surface area contributed by atoms with E-state index in [2.05, 4.69) is 19.2 Å². The predicted molar refractivity (Wildman–Crippen MR) is 93.8 cm³/mol. The zero-order valence-corrected chi connectivity index (χ0v) is 15.6. The second kappa shape index (κ2) is 7.77. The summed E-state index contributed by atoms with van der Waals surface area (Å²) in [4.78, 5) is 13.7. The van der Waals surface area contributed by atoms with Crippen molar-refractivity contribution in [1.82, 2.24) is 9.62 Å². The van der Waals surface area contributed by atoms with E-state index >= 15 is 0 Å². The van der Waals surface area contributed by atoms with Crippen LogP contribution in [0.3, 0.4) is 0 Å². The fraction of sp³-hybridized carbons (Fsp3) is 0.688. The highest BCUT2D eigenvalue weighted by atomic mass is 32.2. The van der Waals surface area contributed by atoms with Gasteiger partial charge >= 0.3 is 0 Å². The van der Waals surface area contributed by atoms with Crippen LogP contribution in [0.15, 0.2) is 17.5 Å². The van der Waals surface area contributed by atoms with Crippen molar-refractivity contribution in [2.24, 2.45) is 11.8 Å². The lowest BCUT2D eigenvalue weighted by Gasteiger charge is -2.31. The lowest BCUT2D eigenvalue weighted by molar-refractivity contribution is -0.127. The fourth-order valence-corrected chi connectivity index (χ4v) is 4.97. The number of hydrogen-bond donors (Lipinski definition) is 1. The van der Waals surface area contributed by atoms with Gasteiger partial charge in [-0.3, -0.25) is 4.79 Å². The quantitative estimate of drug-likeness (QED) is 0.850. The first kappa shape index (κ1) is 18.4. The third-order valence-corrected chi connectivity index (χ3v) is 7.23. The van der Waals surface area contributed by atoms with Crippen LogP contribution in [0.5, 0.6) is 0 Å². The molecule has 0 spiro atoms. The molecule has 0 radical (unpaired) electrons. The molecule has 7 heteroatoms. The molecule has 130 valence electrons. The van der Waals surface area contributed by atoms with Gasteiger partial charge in [-0.05, 0) is 37.1 Å². The van der Waals surface area contributed by atoms with Gasteiger partial charge in [0.05, 0.1) is 11.8 Å². The number of carbonyl (C=O) groups excluding carboxylic acids is 1. The van der Waals surface area contributed by atoms with Crippen LogP contribution >= 0.6 is 11.3 Å². The molecule has 1 saturated heterocycles. The Kier molecular flexibility index (Phi) is 6.22. The van der Waals surface area contributed by atoms with Crippen molar-refractivity contribution in [2.75, 3.05) is 18.8 Å². The molecule has 0 unspecified atom stereocenters. The van der Waals surface area contributed by atoms with E-state index in [-0.39, 0.29) is 23.6 Å². The van der Waals surface area contributed by atoms with E-state index in [1.165, 1.54) is 9.18 Å². The van der Waals surface area contributed by atoms with Gasteiger partial charge in [-0.2, -0.15) is 0 Å². The van der Waals surface area contributed by atoms with E-state index in [9.17, 15) is 13.2 Å². The minimum absolute atomic E-state index is 0.0277. The van der Waals surface area contributed by atoms with E-state index in [1.54, 1.807) is 18.3 Å². The van der Waals surface area contributed by atoms with Crippen LogP contribution in [0, 0.1) is 11.8 Å². The maximum Gasteiger partial charge on any atom is 0.223 e. The summed E-state index contributed by atoms with van der Waals surface area (Å²) >= 11 is 1.65. The second-order valence-corrected chi connectivity index (χ2v) is 9.56. The van der Waals surface area contributed by atoms with Gasteiger partial charge in [-0.15, -0.1) is 11.3 Å².